The monoisotopic (exact) mass is 440 g/mol. The lowest BCUT2D eigenvalue weighted by Gasteiger charge is -2.24. The molecule has 138 valence electrons. The van der Waals surface area contributed by atoms with Crippen LogP contribution in [0.2, 0.25) is 0 Å². The predicted molar refractivity (Wildman–Crippen MR) is 111 cm³/mol. The van der Waals surface area contributed by atoms with Gasteiger partial charge in [-0.2, -0.15) is 0 Å². The molecule has 6 heteroatoms. The number of nitrogens with zero attached hydrogens (tertiary/aromatic N) is 1. The van der Waals surface area contributed by atoms with E-state index < -0.39 is 5.41 Å². The lowest BCUT2D eigenvalue weighted by Crippen LogP contribution is -2.44. The highest BCUT2D eigenvalue weighted by Gasteiger charge is 2.26. The first-order valence-corrected chi connectivity index (χ1v) is 8.29. The summed E-state index contributed by atoms with van der Waals surface area (Å²) in [6.07, 6.45) is 2.25. The maximum absolute atomic E-state index is 11.8. The third-order valence-electron chi connectivity index (χ3n) is 3.53. The predicted octanol–water partition coefficient (Wildman–Crippen LogP) is 3.15. The van der Waals surface area contributed by atoms with Gasteiger partial charge in [0.05, 0.1) is 12.0 Å². The Morgan fingerprint density at radius 2 is 1.74 bits per heavy atom. The van der Waals surface area contributed by atoms with Gasteiger partial charge in [0.2, 0.25) is 5.91 Å². The zero-order valence-electron chi connectivity index (χ0n) is 16.2. The van der Waals surface area contributed by atoms with Crippen LogP contribution >= 0.6 is 24.0 Å². The van der Waals surface area contributed by atoms with Crippen LogP contribution in [-0.4, -0.2) is 38.0 Å². The molecule has 0 aromatic carbocycles. The fraction of sp³-hybridized carbons (Fsp3) is 0.882. The fourth-order valence-corrected chi connectivity index (χ4v) is 1.96. The number of carbonyl (C=O) groups is 1. The molecule has 0 heterocycles. The van der Waals surface area contributed by atoms with Crippen LogP contribution in [0, 0.1) is 10.8 Å². The first kappa shape index (κ1) is 24.7. The Morgan fingerprint density at radius 1 is 1.17 bits per heavy atom. The first-order chi connectivity index (χ1) is 10.0. The molecule has 1 atom stereocenters. The van der Waals surface area contributed by atoms with Gasteiger partial charge < -0.3 is 16.0 Å². The van der Waals surface area contributed by atoms with Crippen LogP contribution < -0.4 is 16.0 Å². The standard InChI is InChI=1S/C17H36N4O.HI/c1-9-19-15(20-12-17(6,7)14(22)18-8)21-13(2)10-11-16(3,4)5;/h13H,9-12H2,1-8H3,(H,18,22)(H2,19,20,21);1H. The quantitative estimate of drug-likeness (QED) is 0.324. The molecule has 3 N–H and O–H groups in total. The molecule has 0 rings (SSSR count). The topological polar surface area (TPSA) is 65.5 Å². The molecule has 0 aliphatic heterocycles. The lowest BCUT2D eigenvalue weighted by atomic mass is 9.89. The van der Waals surface area contributed by atoms with E-state index >= 15 is 0 Å². The van der Waals surface area contributed by atoms with Crippen molar-refractivity contribution in [3.05, 3.63) is 0 Å². The second-order valence-electron chi connectivity index (χ2n) is 7.80. The molecule has 0 aliphatic rings. The number of hydrogen-bond donors (Lipinski definition) is 3. The maximum Gasteiger partial charge on any atom is 0.227 e. The van der Waals surface area contributed by atoms with E-state index in [0.29, 0.717) is 18.0 Å². The van der Waals surface area contributed by atoms with Crippen LogP contribution in [0.1, 0.15) is 61.3 Å². The normalized spacial score (nSPS) is 13.8. The van der Waals surface area contributed by atoms with Gasteiger partial charge in [0.1, 0.15) is 0 Å². The number of amides is 1. The number of nitrogens with one attached hydrogen (secondary N) is 3. The van der Waals surface area contributed by atoms with Gasteiger partial charge in [-0.3, -0.25) is 9.79 Å². The molecule has 0 fully saturated rings. The molecule has 0 radical (unpaired) electrons. The highest BCUT2D eigenvalue weighted by molar-refractivity contribution is 14.0. The van der Waals surface area contributed by atoms with E-state index in [0.717, 1.165) is 25.3 Å². The van der Waals surface area contributed by atoms with Crippen molar-refractivity contribution in [3.8, 4) is 0 Å². The van der Waals surface area contributed by atoms with Crippen molar-refractivity contribution in [2.75, 3.05) is 20.1 Å². The summed E-state index contributed by atoms with van der Waals surface area (Å²) < 4.78 is 0. The van der Waals surface area contributed by atoms with E-state index in [1.54, 1.807) is 7.05 Å². The molecule has 1 unspecified atom stereocenters. The number of rotatable bonds is 7. The number of guanidine groups is 1. The minimum Gasteiger partial charge on any atom is -0.359 e. The fourth-order valence-electron chi connectivity index (χ4n) is 1.96. The van der Waals surface area contributed by atoms with Crippen molar-refractivity contribution in [2.45, 2.75) is 67.3 Å². The van der Waals surface area contributed by atoms with Crippen molar-refractivity contribution in [2.24, 2.45) is 15.8 Å². The molecular formula is C17H37IN4O. The molecule has 23 heavy (non-hydrogen) atoms. The van der Waals surface area contributed by atoms with Gasteiger partial charge in [-0.1, -0.05) is 20.8 Å². The molecule has 1 amide bonds. The van der Waals surface area contributed by atoms with Gasteiger partial charge >= 0.3 is 0 Å². The van der Waals surface area contributed by atoms with Crippen LogP contribution in [0.5, 0.6) is 0 Å². The SMILES string of the molecule is CCNC(=NCC(C)(C)C(=O)NC)NC(C)CCC(C)(C)C.I. The summed E-state index contributed by atoms with van der Waals surface area (Å²) in [7, 11) is 1.66. The lowest BCUT2D eigenvalue weighted by molar-refractivity contribution is -0.128. The van der Waals surface area contributed by atoms with Gasteiger partial charge in [-0.05, 0) is 46.0 Å². The number of carbonyl (C=O) groups excluding carboxylic acids is 1. The molecule has 0 spiro atoms. The molecule has 0 bridgehead atoms. The zero-order valence-corrected chi connectivity index (χ0v) is 18.5. The minimum absolute atomic E-state index is 0. The van der Waals surface area contributed by atoms with E-state index in [2.05, 4.69) is 48.6 Å². The Labute approximate surface area is 159 Å². The van der Waals surface area contributed by atoms with Gasteiger partial charge in [0.25, 0.3) is 0 Å². The van der Waals surface area contributed by atoms with Crippen LogP contribution in [0.15, 0.2) is 4.99 Å². The summed E-state index contributed by atoms with van der Waals surface area (Å²) >= 11 is 0. The number of halogens is 1. The summed E-state index contributed by atoms with van der Waals surface area (Å²) in [5.41, 5.74) is -0.168. The third-order valence-corrected chi connectivity index (χ3v) is 3.53. The average Bonchev–Trinajstić information content (AvgIpc) is 2.41. The Balaban J connectivity index is 0. The number of hydrogen-bond acceptors (Lipinski definition) is 2. The Kier molecular flexibility index (Phi) is 11.9. The molecular weight excluding hydrogens is 403 g/mol. The van der Waals surface area contributed by atoms with Gasteiger partial charge in [0.15, 0.2) is 5.96 Å². The molecule has 0 aromatic rings. The highest BCUT2D eigenvalue weighted by Crippen LogP contribution is 2.21. The summed E-state index contributed by atoms with van der Waals surface area (Å²) in [6.45, 7) is 16.0. The first-order valence-electron chi connectivity index (χ1n) is 8.29. The second kappa shape index (κ2) is 11.1. The molecule has 0 saturated heterocycles. The zero-order chi connectivity index (χ0) is 17.4. The molecule has 5 nitrogen and oxygen atoms in total. The Morgan fingerprint density at radius 3 is 2.17 bits per heavy atom. The average molecular weight is 440 g/mol. The molecule has 0 aliphatic carbocycles. The van der Waals surface area contributed by atoms with Crippen molar-refractivity contribution in [1.82, 2.24) is 16.0 Å². The summed E-state index contributed by atoms with van der Waals surface area (Å²) in [5.74, 6) is 0.786. The third kappa shape index (κ3) is 11.6. The number of aliphatic imine (C=N–C) groups is 1. The van der Waals surface area contributed by atoms with E-state index in [9.17, 15) is 4.79 Å². The van der Waals surface area contributed by atoms with Gasteiger partial charge in [-0.15, -0.1) is 24.0 Å². The van der Waals surface area contributed by atoms with Crippen LogP contribution in [0.3, 0.4) is 0 Å². The van der Waals surface area contributed by atoms with Gasteiger partial charge in [-0.25, -0.2) is 0 Å². The largest absolute Gasteiger partial charge is 0.359 e. The summed E-state index contributed by atoms with van der Waals surface area (Å²) in [5, 5.41) is 9.36. The van der Waals surface area contributed by atoms with Crippen molar-refractivity contribution < 1.29 is 4.79 Å². The van der Waals surface area contributed by atoms with E-state index in [4.69, 9.17) is 0 Å². The smallest absolute Gasteiger partial charge is 0.227 e. The molecule has 0 aromatic heterocycles. The van der Waals surface area contributed by atoms with Crippen molar-refractivity contribution >= 4 is 35.8 Å². The van der Waals surface area contributed by atoms with E-state index in [1.807, 2.05) is 20.8 Å². The van der Waals surface area contributed by atoms with E-state index in [1.165, 1.54) is 0 Å². The van der Waals surface area contributed by atoms with Crippen molar-refractivity contribution in [3.63, 3.8) is 0 Å². The van der Waals surface area contributed by atoms with Crippen molar-refractivity contribution in [1.29, 1.82) is 0 Å². The Bertz CT molecular complexity index is 375. The van der Waals surface area contributed by atoms with Gasteiger partial charge in [0, 0.05) is 19.6 Å². The van der Waals surface area contributed by atoms with Crippen LogP contribution in [-0.2, 0) is 4.79 Å². The van der Waals surface area contributed by atoms with Crippen LogP contribution in [0.25, 0.3) is 0 Å². The molecule has 0 saturated carbocycles. The summed E-state index contributed by atoms with van der Waals surface area (Å²) in [6, 6.07) is 0.347. The maximum atomic E-state index is 11.8. The minimum atomic E-state index is -0.508. The Hall–Kier alpha value is -0.530. The van der Waals surface area contributed by atoms with Crippen LogP contribution in [0.4, 0.5) is 0 Å². The second-order valence-corrected chi connectivity index (χ2v) is 7.80. The van der Waals surface area contributed by atoms with E-state index in [-0.39, 0.29) is 29.9 Å². The highest BCUT2D eigenvalue weighted by atomic mass is 127. The summed E-state index contributed by atoms with van der Waals surface area (Å²) in [4.78, 5) is 16.4.